The van der Waals surface area contributed by atoms with Gasteiger partial charge in [0.15, 0.2) is 5.96 Å². The van der Waals surface area contributed by atoms with Gasteiger partial charge >= 0.3 is 5.97 Å². The van der Waals surface area contributed by atoms with Crippen LogP contribution in [0.3, 0.4) is 0 Å². The second-order valence-electron chi connectivity index (χ2n) is 8.37. The van der Waals surface area contributed by atoms with Crippen LogP contribution in [0.5, 0.6) is 0 Å². The summed E-state index contributed by atoms with van der Waals surface area (Å²) in [6.45, 7) is 0.132. The molecule has 0 radical (unpaired) electrons. The summed E-state index contributed by atoms with van der Waals surface area (Å²) in [6.07, 6.45) is 1.49. The summed E-state index contributed by atoms with van der Waals surface area (Å²) in [4.78, 5) is 76.1. The summed E-state index contributed by atoms with van der Waals surface area (Å²) in [5.41, 5.74) is 26.6. The third-order valence-electron chi connectivity index (χ3n) is 5.15. The van der Waals surface area contributed by atoms with Crippen LogP contribution in [0.2, 0.25) is 0 Å². The molecule has 0 aliphatic heterocycles. The molecule has 4 atom stereocenters. The van der Waals surface area contributed by atoms with Gasteiger partial charge < -0.3 is 49.7 Å². The highest BCUT2D eigenvalue weighted by atomic mass is 32.2. The van der Waals surface area contributed by atoms with Gasteiger partial charge in [0.25, 0.3) is 0 Å². The van der Waals surface area contributed by atoms with Crippen molar-refractivity contribution < 1.29 is 33.9 Å². The first-order valence-corrected chi connectivity index (χ1v) is 13.2. The predicted molar refractivity (Wildman–Crippen MR) is 141 cm³/mol. The lowest BCUT2D eigenvalue weighted by molar-refractivity contribution is -0.142. The van der Waals surface area contributed by atoms with E-state index in [9.17, 15) is 33.9 Å². The Balaban J connectivity index is 5.66. The molecule has 0 aliphatic rings. The Hall–Kier alpha value is -3.60. The Morgan fingerprint density at radius 3 is 1.76 bits per heavy atom. The number of hydrogen-bond donors (Lipinski definition) is 9. The Morgan fingerprint density at radius 1 is 0.763 bits per heavy atom. The first-order valence-electron chi connectivity index (χ1n) is 11.8. The summed E-state index contributed by atoms with van der Waals surface area (Å²) in [7, 11) is 0. The van der Waals surface area contributed by atoms with Gasteiger partial charge in [0, 0.05) is 19.4 Å². The third-order valence-corrected chi connectivity index (χ3v) is 5.80. The SMILES string of the molecule is CSCCC(NC(=O)C(CCCN=C(N)N)NC(=O)C(CCC(N)=O)NC(=O)C(N)CCC(N)=O)C(=O)O. The monoisotopic (exact) mass is 561 g/mol. The van der Waals surface area contributed by atoms with Crippen molar-refractivity contribution in [1.29, 1.82) is 0 Å². The Kier molecular flexibility index (Phi) is 16.9. The van der Waals surface area contributed by atoms with E-state index in [1.54, 1.807) is 6.26 Å². The van der Waals surface area contributed by atoms with Crippen molar-refractivity contribution in [3.8, 4) is 0 Å². The number of nitrogens with one attached hydrogen (secondary N) is 3. The van der Waals surface area contributed by atoms with E-state index in [4.69, 9.17) is 28.7 Å². The van der Waals surface area contributed by atoms with E-state index < -0.39 is 59.7 Å². The first-order chi connectivity index (χ1) is 17.8. The fourth-order valence-electron chi connectivity index (χ4n) is 3.07. The van der Waals surface area contributed by atoms with Crippen molar-refractivity contribution in [1.82, 2.24) is 16.0 Å². The topological polar surface area (TPSA) is 301 Å². The smallest absolute Gasteiger partial charge is 0.326 e. The molecule has 17 heteroatoms. The predicted octanol–water partition coefficient (Wildman–Crippen LogP) is -3.81. The van der Waals surface area contributed by atoms with Crippen LogP contribution >= 0.6 is 11.8 Å². The molecule has 0 saturated carbocycles. The number of nitrogens with two attached hydrogens (primary N) is 5. The fourth-order valence-corrected chi connectivity index (χ4v) is 3.54. The molecule has 0 rings (SSSR count). The summed E-state index contributed by atoms with van der Waals surface area (Å²) < 4.78 is 0. The molecule has 4 unspecified atom stereocenters. The van der Waals surface area contributed by atoms with Crippen LogP contribution < -0.4 is 44.6 Å². The summed E-state index contributed by atoms with van der Waals surface area (Å²) in [5, 5.41) is 16.7. The molecule has 0 aromatic carbocycles. The van der Waals surface area contributed by atoms with Crippen LogP contribution in [0, 0.1) is 0 Å². The van der Waals surface area contributed by atoms with Gasteiger partial charge in [0.2, 0.25) is 29.5 Å². The number of primary amides is 2. The Bertz CT molecular complexity index is 868. The van der Waals surface area contributed by atoms with E-state index >= 15 is 0 Å². The molecule has 0 aromatic heterocycles. The minimum Gasteiger partial charge on any atom is -0.480 e. The van der Waals surface area contributed by atoms with Crippen LogP contribution in [0.4, 0.5) is 0 Å². The highest BCUT2D eigenvalue weighted by molar-refractivity contribution is 7.98. The molecular weight excluding hydrogens is 522 g/mol. The average Bonchev–Trinajstić information content (AvgIpc) is 2.83. The van der Waals surface area contributed by atoms with E-state index in [0.29, 0.717) is 5.75 Å². The van der Waals surface area contributed by atoms with Crippen LogP contribution in [-0.4, -0.2) is 89.3 Å². The summed E-state index contributed by atoms with van der Waals surface area (Å²) >= 11 is 1.40. The van der Waals surface area contributed by atoms with Crippen LogP contribution in [0.15, 0.2) is 4.99 Å². The number of aliphatic carboxylic acids is 1. The maximum absolute atomic E-state index is 13.1. The minimum atomic E-state index is -1.31. The number of carboxylic acids is 1. The van der Waals surface area contributed by atoms with Crippen LogP contribution in [0.25, 0.3) is 0 Å². The minimum absolute atomic E-state index is 0.0256. The average molecular weight is 562 g/mol. The molecule has 16 nitrogen and oxygen atoms in total. The molecule has 0 spiro atoms. The highest BCUT2D eigenvalue weighted by Crippen LogP contribution is 2.07. The molecule has 5 amide bonds. The number of aliphatic imine (C=N–C) groups is 1. The Labute approximate surface area is 224 Å². The molecular formula is C21H39N9O7S. The number of hydrogen-bond acceptors (Lipinski definition) is 9. The quantitative estimate of drug-likeness (QED) is 0.0394. The van der Waals surface area contributed by atoms with E-state index in [2.05, 4.69) is 20.9 Å². The number of carbonyl (C=O) groups is 6. The van der Waals surface area contributed by atoms with Gasteiger partial charge in [0.05, 0.1) is 6.04 Å². The summed E-state index contributed by atoms with van der Waals surface area (Å²) in [6, 6.07) is -4.89. The molecule has 0 bridgehead atoms. The zero-order chi connectivity index (χ0) is 29.3. The standard InChI is InChI=1S/C21H39N9O7S/c1-38-10-8-14(20(36)37)30-18(34)12(3-2-9-27-21(25)26)29-19(35)13(5-7-16(24)32)28-17(33)11(22)4-6-15(23)31/h11-14H,2-10,22H2,1H3,(H2,23,31)(H2,24,32)(H,28,33)(H,29,35)(H,30,34)(H,36,37)(H4,25,26,27). The zero-order valence-corrected chi connectivity index (χ0v) is 22.1. The van der Waals surface area contributed by atoms with Crippen molar-refractivity contribution >= 4 is 53.2 Å². The van der Waals surface area contributed by atoms with Gasteiger partial charge in [0.1, 0.15) is 18.1 Å². The molecule has 216 valence electrons. The van der Waals surface area contributed by atoms with Crippen molar-refractivity contribution in [2.75, 3.05) is 18.6 Å². The van der Waals surface area contributed by atoms with E-state index in [0.717, 1.165) is 0 Å². The van der Waals surface area contributed by atoms with Gasteiger partial charge in [-0.2, -0.15) is 11.8 Å². The zero-order valence-electron chi connectivity index (χ0n) is 21.3. The van der Waals surface area contributed by atoms with Gasteiger partial charge in [-0.05, 0) is 44.1 Å². The van der Waals surface area contributed by atoms with Crippen molar-refractivity contribution in [2.45, 2.75) is 69.1 Å². The van der Waals surface area contributed by atoms with Crippen LogP contribution in [-0.2, 0) is 28.8 Å². The van der Waals surface area contributed by atoms with Gasteiger partial charge in [-0.25, -0.2) is 4.79 Å². The maximum Gasteiger partial charge on any atom is 0.326 e. The van der Waals surface area contributed by atoms with Gasteiger partial charge in [-0.1, -0.05) is 0 Å². The Morgan fingerprint density at radius 2 is 1.26 bits per heavy atom. The molecule has 0 fully saturated rings. The number of guanidine groups is 1. The molecule has 0 aliphatic carbocycles. The van der Waals surface area contributed by atoms with Crippen molar-refractivity contribution in [3.05, 3.63) is 0 Å². The fraction of sp³-hybridized carbons (Fsp3) is 0.667. The lowest BCUT2D eigenvalue weighted by Crippen LogP contribution is -2.57. The van der Waals surface area contributed by atoms with Gasteiger partial charge in [-0.3, -0.25) is 29.0 Å². The first kappa shape index (κ1) is 34.4. The number of thioether (sulfide) groups is 1. The number of nitrogens with zero attached hydrogens (tertiary/aromatic N) is 1. The maximum atomic E-state index is 13.1. The lowest BCUT2D eigenvalue weighted by atomic mass is 10.1. The lowest BCUT2D eigenvalue weighted by Gasteiger charge is -2.25. The van der Waals surface area contributed by atoms with E-state index in [-0.39, 0.29) is 57.5 Å². The molecule has 0 heterocycles. The second-order valence-corrected chi connectivity index (χ2v) is 9.35. The third kappa shape index (κ3) is 15.5. The molecule has 0 aromatic rings. The number of carbonyl (C=O) groups excluding carboxylic acids is 5. The molecule has 0 saturated heterocycles. The largest absolute Gasteiger partial charge is 0.480 e. The highest BCUT2D eigenvalue weighted by Gasteiger charge is 2.30. The number of carboxylic acid groups (broad SMARTS) is 1. The molecule has 14 N–H and O–H groups in total. The van der Waals surface area contributed by atoms with E-state index in [1.165, 1.54) is 11.8 Å². The van der Waals surface area contributed by atoms with Crippen molar-refractivity contribution in [3.63, 3.8) is 0 Å². The second kappa shape index (κ2) is 18.6. The summed E-state index contributed by atoms with van der Waals surface area (Å²) in [5.74, 6) is -4.73. The molecule has 38 heavy (non-hydrogen) atoms. The number of rotatable bonds is 20. The number of amides is 5. The van der Waals surface area contributed by atoms with Gasteiger partial charge in [-0.15, -0.1) is 0 Å². The van der Waals surface area contributed by atoms with Crippen LogP contribution in [0.1, 0.15) is 44.9 Å². The van der Waals surface area contributed by atoms with Crippen molar-refractivity contribution in [2.24, 2.45) is 33.7 Å². The van der Waals surface area contributed by atoms with E-state index in [1.807, 2.05) is 0 Å². The normalized spacial score (nSPS) is 13.7.